The molecule has 1 aromatic rings. The van der Waals surface area contributed by atoms with Crippen LogP contribution < -0.4 is 0 Å². The first-order chi connectivity index (χ1) is 7.13. The van der Waals surface area contributed by atoms with Crippen molar-refractivity contribution >= 4 is 17.6 Å². The summed E-state index contributed by atoms with van der Waals surface area (Å²) in [5.74, 6) is -1.00. The maximum atomic E-state index is 10.5. The van der Waals surface area contributed by atoms with E-state index in [-0.39, 0.29) is 6.61 Å². The molecule has 0 heterocycles. The van der Waals surface area contributed by atoms with Crippen molar-refractivity contribution in [3.63, 3.8) is 0 Å². The number of carboxylic acid groups (broad SMARTS) is 1. The summed E-state index contributed by atoms with van der Waals surface area (Å²) in [6, 6.07) is 7.42. The highest BCUT2D eigenvalue weighted by molar-refractivity contribution is 6.29. The average molecular weight is 229 g/mol. The van der Waals surface area contributed by atoms with Gasteiger partial charge in [-0.25, -0.2) is 0 Å². The van der Waals surface area contributed by atoms with Gasteiger partial charge in [-0.05, 0) is 24.0 Å². The van der Waals surface area contributed by atoms with Gasteiger partial charge in [-0.1, -0.05) is 24.3 Å². The molecule has 0 fully saturated rings. The zero-order chi connectivity index (χ0) is 11.3. The molecule has 0 aliphatic carbocycles. The molecule has 0 aliphatic rings. The molecule has 1 rings (SSSR count). The molecule has 0 saturated heterocycles. The summed E-state index contributed by atoms with van der Waals surface area (Å²) < 4.78 is 0. The lowest BCUT2D eigenvalue weighted by atomic mass is 10.1. The van der Waals surface area contributed by atoms with Crippen molar-refractivity contribution in [2.24, 2.45) is 0 Å². The topological polar surface area (TPSA) is 57.5 Å². The molecule has 1 unspecified atom stereocenters. The number of carboxylic acids is 1. The summed E-state index contributed by atoms with van der Waals surface area (Å²) >= 11 is 5.61. The van der Waals surface area contributed by atoms with Crippen LogP contribution in [0.2, 0.25) is 0 Å². The molecule has 15 heavy (non-hydrogen) atoms. The van der Waals surface area contributed by atoms with E-state index in [2.05, 4.69) is 0 Å². The van der Waals surface area contributed by atoms with Gasteiger partial charge in [0.25, 0.3) is 0 Å². The molecule has 3 nitrogen and oxygen atoms in total. The Morgan fingerprint density at radius 3 is 2.27 bits per heavy atom. The van der Waals surface area contributed by atoms with Crippen LogP contribution in [0.25, 0.3) is 0 Å². The summed E-state index contributed by atoms with van der Waals surface area (Å²) in [6.45, 7) is 0.118. The van der Waals surface area contributed by atoms with Crippen LogP contribution in [0.5, 0.6) is 0 Å². The monoisotopic (exact) mass is 228 g/mol. The second kappa shape index (κ2) is 5.73. The second-order valence-corrected chi connectivity index (χ2v) is 3.83. The van der Waals surface area contributed by atoms with Gasteiger partial charge < -0.3 is 10.2 Å². The molecule has 0 bridgehead atoms. The largest absolute Gasteiger partial charge is 0.480 e. The summed E-state index contributed by atoms with van der Waals surface area (Å²) in [5, 5.41) is 16.4. The molecule has 4 heteroatoms. The van der Waals surface area contributed by atoms with Gasteiger partial charge in [-0.15, -0.1) is 11.6 Å². The van der Waals surface area contributed by atoms with Crippen LogP contribution in [0.4, 0.5) is 0 Å². The Morgan fingerprint density at radius 2 is 1.80 bits per heavy atom. The lowest BCUT2D eigenvalue weighted by Crippen LogP contribution is -2.15. The molecule has 2 N–H and O–H groups in total. The minimum Gasteiger partial charge on any atom is -0.480 e. The van der Waals surface area contributed by atoms with Crippen molar-refractivity contribution in [2.75, 3.05) is 6.61 Å². The van der Waals surface area contributed by atoms with Gasteiger partial charge in [0, 0.05) is 6.61 Å². The zero-order valence-electron chi connectivity index (χ0n) is 8.19. The van der Waals surface area contributed by atoms with E-state index in [9.17, 15) is 4.79 Å². The number of aliphatic carboxylic acids is 1. The second-order valence-electron chi connectivity index (χ2n) is 3.30. The summed E-state index contributed by atoms with van der Waals surface area (Å²) in [7, 11) is 0. The first-order valence-electron chi connectivity index (χ1n) is 4.69. The lowest BCUT2D eigenvalue weighted by molar-refractivity contribution is -0.136. The van der Waals surface area contributed by atoms with E-state index in [1.165, 1.54) is 0 Å². The van der Waals surface area contributed by atoms with Crippen LogP contribution in [0.1, 0.15) is 11.1 Å². The fraction of sp³-hybridized carbons (Fsp3) is 0.364. The number of halogens is 1. The van der Waals surface area contributed by atoms with Gasteiger partial charge in [0.1, 0.15) is 5.38 Å². The number of hydrogen-bond donors (Lipinski definition) is 2. The third kappa shape index (κ3) is 3.90. The Labute approximate surface area is 93.3 Å². The maximum absolute atomic E-state index is 10.5. The average Bonchev–Trinajstić information content (AvgIpc) is 2.21. The van der Waals surface area contributed by atoms with Gasteiger partial charge in [0.2, 0.25) is 0 Å². The van der Waals surface area contributed by atoms with Crippen LogP contribution in [0.15, 0.2) is 24.3 Å². The van der Waals surface area contributed by atoms with E-state index in [1.54, 1.807) is 0 Å². The van der Waals surface area contributed by atoms with Crippen molar-refractivity contribution in [2.45, 2.75) is 18.2 Å². The number of alkyl halides is 1. The third-order valence-electron chi connectivity index (χ3n) is 2.11. The fourth-order valence-electron chi connectivity index (χ4n) is 1.27. The first kappa shape index (κ1) is 12.0. The molecule has 0 aliphatic heterocycles. The number of benzene rings is 1. The van der Waals surface area contributed by atoms with E-state index in [4.69, 9.17) is 21.8 Å². The van der Waals surface area contributed by atoms with E-state index in [1.807, 2.05) is 24.3 Å². The zero-order valence-corrected chi connectivity index (χ0v) is 8.94. The Kier molecular flexibility index (Phi) is 4.59. The SMILES string of the molecule is O=C(O)C(Cl)Cc1ccc(CCO)cc1. The first-order valence-corrected chi connectivity index (χ1v) is 5.12. The van der Waals surface area contributed by atoms with Gasteiger partial charge in [-0.3, -0.25) is 4.79 Å². The Morgan fingerprint density at radius 1 is 1.27 bits per heavy atom. The van der Waals surface area contributed by atoms with Gasteiger partial charge in [0.15, 0.2) is 0 Å². The summed E-state index contributed by atoms with van der Waals surface area (Å²) in [5.41, 5.74) is 1.92. The van der Waals surface area contributed by atoms with Gasteiger partial charge in [-0.2, -0.15) is 0 Å². The number of rotatable bonds is 5. The molecule has 82 valence electrons. The fourth-order valence-corrected chi connectivity index (χ4v) is 1.44. The Balaban J connectivity index is 2.60. The van der Waals surface area contributed by atoms with Crippen LogP contribution in [-0.2, 0) is 17.6 Å². The van der Waals surface area contributed by atoms with Crippen molar-refractivity contribution < 1.29 is 15.0 Å². The minimum atomic E-state index is -1.00. The molecule has 0 amide bonds. The molecule has 0 aromatic heterocycles. The van der Waals surface area contributed by atoms with E-state index in [0.29, 0.717) is 12.8 Å². The highest BCUT2D eigenvalue weighted by Gasteiger charge is 2.13. The minimum absolute atomic E-state index is 0.118. The van der Waals surface area contributed by atoms with Crippen LogP contribution >= 0.6 is 11.6 Å². The van der Waals surface area contributed by atoms with Crippen molar-refractivity contribution in [3.8, 4) is 0 Å². The maximum Gasteiger partial charge on any atom is 0.321 e. The smallest absolute Gasteiger partial charge is 0.321 e. The van der Waals surface area contributed by atoms with Crippen LogP contribution in [-0.4, -0.2) is 28.2 Å². The molecule has 1 aromatic carbocycles. The third-order valence-corrected chi connectivity index (χ3v) is 2.45. The van der Waals surface area contributed by atoms with E-state index >= 15 is 0 Å². The summed E-state index contributed by atoms with van der Waals surface area (Å²) in [4.78, 5) is 10.5. The predicted octanol–water partition coefficient (Wildman–Crippen LogP) is 1.46. The Hall–Kier alpha value is -1.06. The van der Waals surface area contributed by atoms with Crippen molar-refractivity contribution in [1.29, 1.82) is 0 Å². The summed E-state index contributed by atoms with van der Waals surface area (Å²) in [6.07, 6.45) is 0.930. The molecule has 0 radical (unpaired) electrons. The normalized spacial score (nSPS) is 12.4. The number of hydrogen-bond acceptors (Lipinski definition) is 2. The predicted molar refractivity (Wildman–Crippen MR) is 58.2 cm³/mol. The highest BCUT2D eigenvalue weighted by atomic mass is 35.5. The van der Waals surface area contributed by atoms with E-state index in [0.717, 1.165) is 11.1 Å². The molecular formula is C11H13ClO3. The number of aliphatic hydroxyl groups is 1. The number of aliphatic hydroxyl groups excluding tert-OH is 1. The van der Waals surface area contributed by atoms with E-state index < -0.39 is 11.3 Å². The van der Waals surface area contributed by atoms with Gasteiger partial charge >= 0.3 is 5.97 Å². The standard InChI is InChI=1S/C11H13ClO3/c12-10(11(14)15)7-9-3-1-8(2-4-9)5-6-13/h1-4,10,13H,5-7H2,(H,14,15). The van der Waals surface area contributed by atoms with Crippen molar-refractivity contribution in [1.82, 2.24) is 0 Å². The quantitative estimate of drug-likeness (QED) is 0.751. The van der Waals surface area contributed by atoms with Crippen LogP contribution in [0, 0.1) is 0 Å². The van der Waals surface area contributed by atoms with Gasteiger partial charge in [0.05, 0.1) is 0 Å². The lowest BCUT2D eigenvalue weighted by Gasteiger charge is -2.05. The Bertz CT molecular complexity index is 321. The highest BCUT2D eigenvalue weighted by Crippen LogP contribution is 2.10. The molecule has 0 saturated carbocycles. The molecule has 1 atom stereocenters. The van der Waals surface area contributed by atoms with Crippen LogP contribution in [0.3, 0.4) is 0 Å². The number of carbonyl (C=O) groups is 1. The molecular weight excluding hydrogens is 216 g/mol. The van der Waals surface area contributed by atoms with Crippen molar-refractivity contribution in [3.05, 3.63) is 35.4 Å². The molecule has 0 spiro atoms.